The summed E-state index contributed by atoms with van der Waals surface area (Å²) in [7, 11) is 0. The number of hydrogen-bond donors (Lipinski definition) is 0. The molecule has 0 aromatic rings. The molecule has 0 unspecified atom stereocenters. The first-order valence-electron chi connectivity index (χ1n) is 1.72. The van der Waals surface area contributed by atoms with Gasteiger partial charge in [0, 0.05) is 0 Å². The molecule has 0 saturated heterocycles. The summed E-state index contributed by atoms with van der Waals surface area (Å²) in [5.74, 6) is 0. The molecule has 0 amide bonds. The van der Waals surface area contributed by atoms with E-state index in [4.69, 9.17) is 0 Å². The zero-order valence-electron chi connectivity index (χ0n) is 4.09. The Morgan fingerprint density at radius 3 is 1.83 bits per heavy atom. The standard InChI is InChI=1S/C5H9.Cu/c1-4-5(2)3;/h4H,2H2,1,3H3;/q-1;+1. The van der Waals surface area contributed by atoms with Crippen LogP contribution >= 0.6 is 0 Å². The Bertz CT molecular complexity index is 41.9. The van der Waals surface area contributed by atoms with Gasteiger partial charge in [0.25, 0.3) is 0 Å². The molecule has 0 spiro atoms. The van der Waals surface area contributed by atoms with Gasteiger partial charge in [0.05, 0.1) is 0 Å². The summed E-state index contributed by atoms with van der Waals surface area (Å²) in [6.45, 7) is 7.56. The van der Waals surface area contributed by atoms with Gasteiger partial charge in [0.2, 0.25) is 0 Å². The number of allylic oxidation sites excluding steroid dienone is 2. The smallest absolute Gasteiger partial charge is 0.242 e. The number of hydrogen-bond acceptors (Lipinski definition) is 0. The van der Waals surface area contributed by atoms with E-state index in [2.05, 4.69) is 6.92 Å². The van der Waals surface area contributed by atoms with Crippen molar-refractivity contribution in [2.24, 2.45) is 0 Å². The molecule has 0 rings (SSSR count). The van der Waals surface area contributed by atoms with Crippen molar-refractivity contribution in [2.75, 3.05) is 0 Å². The molecule has 1 heteroatoms. The molecule has 0 aromatic carbocycles. The van der Waals surface area contributed by atoms with Gasteiger partial charge in [0.15, 0.2) is 0 Å². The van der Waals surface area contributed by atoms with Crippen LogP contribution in [0.3, 0.4) is 0 Å². The van der Waals surface area contributed by atoms with E-state index >= 15 is 0 Å². The van der Waals surface area contributed by atoms with Gasteiger partial charge < -0.3 is 0 Å². The monoisotopic (exact) mass is 132 g/mol. The van der Waals surface area contributed by atoms with E-state index in [0.717, 1.165) is 5.57 Å². The average molecular weight is 133 g/mol. The van der Waals surface area contributed by atoms with Crippen LogP contribution in [0.5, 0.6) is 0 Å². The third-order valence-corrected chi connectivity index (χ3v) is 0.493. The normalized spacial score (nSPS) is 10.0. The maximum atomic E-state index is 3.62. The molecule has 6 heavy (non-hydrogen) atoms. The molecular formula is C5H9Cu. The first-order valence-corrected chi connectivity index (χ1v) is 1.72. The van der Waals surface area contributed by atoms with Crippen molar-refractivity contribution in [1.82, 2.24) is 0 Å². The Morgan fingerprint density at radius 1 is 1.67 bits per heavy atom. The van der Waals surface area contributed by atoms with Crippen molar-refractivity contribution in [3.8, 4) is 0 Å². The predicted octanol–water partition coefficient (Wildman–Crippen LogP) is 1.78. The zero-order valence-corrected chi connectivity index (χ0v) is 5.03. The molecule has 0 aliphatic carbocycles. The topological polar surface area (TPSA) is 0 Å². The second kappa shape index (κ2) is 5.13. The summed E-state index contributed by atoms with van der Waals surface area (Å²) < 4.78 is 0. The summed E-state index contributed by atoms with van der Waals surface area (Å²) in [6, 6.07) is 0. The van der Waals surface area contributed by atoms with Crippen LogP contribution in [0.25, 0.3) is 0 Å². The van der Waals surface area contributed by atoms with Gasteiger partial charge in [-0.05, 0) is 0 Å². The molecule has 0 bridgehead atoms. The average Bonchev–Trinajstić information content (AvgIpc) is 1.38. The van der Waals surface area contributed by atoms with E-state index in [9.17, 15) is 0 Å². The minimum absolute atomic E-state index is 0. The maximum absolute atomic E-state index is 3.62. The summed E-state index contributed by atoms with van der Waals surface area (Å²) in [5, 5.41) is 0. The van der Waals surface area contributed by atoms with Gasteiger partial charge in [-0.3, -0.25) is 0 Å². The fraction of sp³-hybridized carbons (Fsp3) is 0.400. The fourth-order valence-electron chi connectivity index (χ4n) is 0. The van der Waals surface area contributed by atoms with Gasteiger partial charge in [-0.15, -0.1) is 6.92 Å². The van der Waals surface area contributed by atoms with Crippen LogP contribution < -0.4 is 0 Å². The summed E-state index contributed by atoms with van der Waals surface area (Å²) in [4.78, 5) is 0. The molecule has 40 valence electrons. The van der Waals surface area contributed by atoms with Crippen LogP contribution in [0.1, 0.15) is 13.8 Å². The number of rotatable bonds is 0. The molecule has 0 aliphatic heterocycles. The minimum atomic E-state index is 0. The Labute approximate surface area is 50.1 Å². The molecule has 0 saturated carbocycles. The summed E-state index contributed by atoms with van der Waals surface area (Å²) >= 11 is 0. The van der Waals surface area contributed by atoms with Gasteiger partial charge >= 0.3 is 17.1 Å². The SMILES string of the molecule is [CH2-]C(C)=CC.[Cu+]. The Kier molecular flexibility index (Phi) is 8.09. The van der Waals surface area contributed by atoms with Crippen LogP contribution in [-0.4, -0.2) is 0 Å². The second-order valence-electron chi connectivity index (χ2n) is 1.14. The van der Waals surface area contributed by atoms with Crippen LogP contribution in [0, 0.1) is 6.92 Å². The molecule has 0 heterocycles. The Hall–Kier alpha value is 0.129. The predicted molar refractivity (Wildman–Crippen MR) is 24.8 cm³/mol. The van der Waals surface area contributed by atoms with Crippen molar-refractivity contribution >= 4 is 0 Å². The van der Waals surface area contributed by atoms with Crippen LogP contribution in [0.4, 0.5) is 0 Å². The minimum Gasteiger partial charge on any atom is -0.242 e. The third-order valence-electron chi connectivity index (χ3n) is 0.493. The van der Waals surface area contributed by atoms with E-state index in [1.54, 1.807) is 0 Å². The van der Waals surface area contributed by atoms with Crippen LogP contribution in [0.15, 0.2) is 11.6 Å². The maximum Gasteiger partial charge on any atom is 1.00 e. The van der Waals surface area contributed by atoms with E-state index in [-0.39, 0.29) is 17.1 Å². The van der Waals surface area contributed by atoms with Crippen molar-refractivity contribution in [3.63, 3.8) is 0 Å². The quantitative estimate of drug-likeness (QED) is 0.348. The van der Waals surface area contributed by atoms with Crippen LogP contribution in [0.2, 0.25) is 0 Å². The molecule has 0 nitrogen and oxygen atoms in total. The van der Waals surface area contributed by atoms with E-state index in [1.165, 1.54) is 0 Å². The largest absolute Gasteiger partial charge is 1.00 e. The Morgan fingerprint density at radius 2 is 1.83 bits per heavy atom. The van der Waals surface area contributed by atoms with Crippen molar-refractivity contribution in [2.45, 2.75) is 13.8 Å². The fourth-order valence-corrected chi connectivity index (χ4v) is 0. The summed E-state index contributed by atoms with van der Waals surface area (Å²) in [6.07, 6.45) is 1.97. The van der Waals surface area contributed by atoms with Gasteiger partial charge in [-0.25, -0.2) is 18.6 Å². The molecule has 0 aromatic heterocycles. The first kappa shape index (κ1) is 9.46. The van der Waals surface area contributed by atoms with Gasteiger partial charge in [0.1, 0.15) is 0 Å². The van der Waals surface area contributed by atoms with Crippen molar-refractivity contribution in [1.29, 1.82) is 0 Å². The van der Waals surface area contributed by atoms with E-state index in [1.807, 2.05) is 19.9 Å². The van der Waals surface area contributed by atoms with Crippen molar-refractivity contribution in [3.05, 3.63) is 18.6 Å². The molecule has 0 fully saturated rings. The molecule has 0 atom stereocenters. The second-order valence-corrected chi connectivity index (χ2v) is 1.14. The van der Waals surface area contributed by atoms with Gasteiger partial charge in [-0.1, -0.05) is 6.92 Å². The molecular weight excluding hydrogens is 124 g/mol. The third kappa shape index (κ3) is 8.92. The van der Waals surface area contributed by atoms with E-state index < -0.39 is 0 Å². The Balaban J connectivity index is 0. The summed E-state index contributed by atoms with van der Waals surface area (Å²) in [5.41, 5.74) is 1.13. The molecule has 0 radical (unpaired) electrons. The molecule has 0 N–H and O–H groups in total. The van der Waals surface area contributed by atoms with Crippen LogP contribution in [-0.2, 0) is 17.1 Å². The first-order chi connectivity index (χ1) is 2.27. The van der Waals surface area contributed by atoms with Crippen molar-refractivity contribution < 1.29 is 17.1 Å². The zero-order chi connectivity index (χ0) is 4.28. The van der Waals surface area contributed by atoms with E-state index in [0.29, 0.717) is 0 Å². The van der Waals surface area contributed by atoms with Gasteiger partial charge in [-0.2, -0.15) is 0 Å². The molecule has 0 aliphatic rings.